The Labute approximate surface area is 56.0 Å². The molecule has 0 aromatic heterocycles. The third-order valence-corrected chi connectivity index (χ3v) is 1.33. The molecule has 0 aliphatic rings. The van der Waals surface area contributed by atoms with E-state index in [1.807, 2.05) is 0 Å². The minimum absolute atomic E-state index is 0.324. The van der Waals surface area contributed by atoms with Crippen LogP contribution in [0.15, 0.2) is 0 Å². The first kappa shape index (κ1) is 8.25. The first-order chi connectivity index (χ1) is 3.81. The molecule has 0 aliphatic carbocycles. The molecule has 1 atom stereocenters. The van der Waals surface area contributed by atoms with Crippen molar-refractivity contribution in [2.45, 2.75) is 20.3 Å². The molecule has 8 heavy (non-hydrogen) atoms. The zero-order valence-electron chi connectivity index (χ0n) is 5.48. The van der Waals surface area contributed by atoms with Crippen LogP contribution in [0, 0.1) is 5.92 Å². The van der Waals surface area contributed by atoms with E-state index in [2.05, 4.69) is 13.8 Å². The highest BCUT2D eigenvalue weighted by atomic mass is 35.5. The van der Waals surface area contributed by atoms with Gasteiger partial charge in [-0.2, -0.15) is 0 Å². The lowest BCUT2D eigenvalue weighted by atomic mass is 10.1. The van der Waals surface area contributed by atoms with Crippen LogP contribution < -0.4 is 0 Å². The number of halogens is 1. The van der Waals surface area contributed by atoms with Gasteiger partial charge < -0.3 is 4.74 Å². The van der Waals surface area contributed by atoms with Gasteiger partial charge in [0, 0.05) is 0 Å². The number of alkyl halides is 1. The molecule has 0 bridgehead atoms. The fraction of sp³-hybridized carbons (Fsp3) is 1.00. The largest absolute Gasteiger partial charge is 0.365 e. The van der Waals surface area contributed by atoms with Crippen LogP contribution in [0.1, 0.15) is 20.3 Å². The maximum atomic E-state index is 5.28. The van der Waals surface area contributed by atoms with Gasteiger partial charge in [0.25, 0.3) is 0 Å². The highest BCUT2D eigenvalue weighted by molar-refractivity contribution is 6.17. The average Bonchev–Trinajstić information content (AvgIpc) is 1.83. The van der Waals surface area contributed by atoms with Crippen LogP contribution in [0.3, 0.4) is 0 Å². The van der Waals surface area contributed by atoms with E-state index in [1.54, 1.807) is 0 Å². The van der Waals surface area contributed by atoms with Crippen LogP contribution in [0.2, 0.25) is 0 Å². The van der Waals surface area contributed by atoms with Gasteiger partial charge in [0.15, 0.2) is 0 Å². The van der Waals surface area contributed by atoms with Gasteiger partial charge in [0.2, 0.25) is 0 Å². The average molecular weight is 137 g/mol. The number of ether oxygens (including phenoxy) is 1. The molecule has 0 aromatic rings. The Kier molecular flexibility index (Phi) is 5.56. The van der Waals surface area contributed by atoms with Crippen LogP contribution >= 0.6 is 11.6 Å². The van der Waals surface area contributed by atoms with Gasteiger partial charge >= 0.3 is 0 Å². The molecule has 0 aromatic carbocycles. The summed E-state index contributed by atoms with van der Waals surface area (Å²) in [6.45, 7) is 5.08. The molecule has 0 fully saturated rings. The molecule has 0 spiro atoms. The standard InChI is InChI=1S/C6H13ClO/c1-3-6(2)4-8-5-7/h6H,3-5H2,1-2H3/t6-/m0/s1. The zero-order valence-corrected chi connectivity index (χ0v) is 6.24. The van der Waals surface area contributed by atoms with Crippen LogP contribution in [0.4, 0.5) is 0 Å². The second-order valence-corrected chi connectivity index (χ2v) is 2.21. The fourth-order valence-electron chi connectivity index (χ4n) is 0.364. The van der Waals surface area contributed by atoms with Crippen molar-refractivity contribution in [3.8, 4) is 0 Å². The monoisotopic (exact) mass is 136 g/mol. The van der Waals surface area contributed by atoms with E-state index < -0.39 is 0 Å². The molecule has 0 unspecified atom stereocenters. The Balaban J connectivity index is 2.86. The minimum Gasteiger partial charge on any atom is -0.365 e. The van der Waals surface area contributed by atoms with Gasteiger partial charge in [-0.15, -0.1) is 0 Å². The maximum Gasteiger partial charge on any atom is 0.120 e. The highest BCUT2D eigenvalue weighted by Gasteiger charge is 1.95. The SMILES string of the molecule is CC[C@H](C)COCCl. The summed E-state index contributed by atoms with van der Waals surface area (Å²) in [4.78, 5) is 0. The first-order valence-corrected chi connectivity index (χ1v) is 3.48. The minimum atomic E-state index is 0.324. The van der Waals surface area contributed by atoms with Crippen molar-refractivity contribution in [1.82, 2.24) is 0 Å². The van der Waals surface area contributed by atoms with Gasteiger partial charge in [-0.05, 0) is 5.92 Å². The topological polar surface area (TPSA) is 9.23 Å². The third-order valence-electron chi connectivity index (χ3n) is 1.18. The summed E-state index contributed by atoms with van der Waals surface area (Å²) >= 11 is 5.28. The van der Waals surface area contributed by atoms with E-state index in [0.29, 0.717) is 12.0 Å². The summed E-state index contributed by atoms with van der Waals surface area (Å²) in [5.41, 5.74) is 0. The molecular weight excluding hydrogens is 124 g/mol. The van der Waals surface area contributed by atoms with Gasteiger partial charge in [0.05, 0.1) is 6.61 Å². The van der Waals surface area contributed by atoms with Gasteiger partial charge in [-0.3, -0.25) is 0 Å². The zero-order chi connectivity index (χ0) is 6.41. The molecule has 2 heteroatoms. The summed E-state index contributed by atoms with van der Waals surface area (Å²) in [6.07, 6.45) is 1.16. The Morgan fingerprint density at radius 3 is 2.62 bits per heavy atom. The summed E-state index contributed by atoms with van der Waals surface area (Å²) in [7, 11) is 0. The fourth-order valence-corrected chi connectivity index (χ4v) is 0.453. The quantitative estimate of drug-likeness (QED) is 0.539. The lowest BCUT2D eigenvalue weighted by Crippen LogP contribution is -2.02. The van der Waals surface area contributed by atoms with Crippen molar-refractivity contribution in [1.29, 1.82) is 0 Å². The smallest absolute Gasteiger partial charge is 0.120 e. The molecule has 0 rings (SSSR count). The first-order valence-electron chi connectivity index (χ1n) is 2.95. The second kappa shape index (κ2) is 5.39. The summed E-state index contributed by atoms with van der Waals surface area (Å²) in [5, 5.41) is 0. The van der Waals surface area contributed by atoms with Gasteiger partial charge in [-0.1, -0.05) is 31.9 Å². The molecule has 0 saturated carbocycles. The molecule has 1 nitrogen and oxygen atoms in total. The Morgan fingerprint density at radius 1 is 1.62 bits per heavy atom. The van der Waals surface area contributed by atoms with Crippen molar-refractivity contribution >= 4 is 11.6 Å². The Bertz CT molecular complexity index is 47.8. The maximum absolute atomic E-state index is 5.28. The predicted molar refractivity (Wildman–Crippen MR) is 36.1 cm³/mol. The lowest BCUT2D eigenvalue weighted by molar-refractivity contribution is 0.141. The lowest BCUT2D eigenvalue weighted by Gasteiger charge is -2.05. The van der Waals surface area contributed by atoms with E-state index in [4.69, 9.17) is 16.3 Å². The summed E-state index contributed by atoms with van der Waals surface area (Å²) < 4.78 is 4.95. The van der Waals surface area contributed by atoms with E-state index >= 15 is 0 Å². The number of hydrogen-bond donors (Lipinski definition) is 0. The number of rotatable bonds is 4. The van der Waals surface area contributed by atoms with Crippen molar-refractivity contribution in [2.24, 2.45) is 5.92 Å². The van der Waals surface area contributed by atoms with Crippen LogP contribution in [-0.4, -0.2) is 12.7 Å². The summed E-state index contributed by atoms with van der Waals surface area (Å²) in [5.74, 6) is 0.647. The second-order valence-electron chi connectivity index (χ2n) is 1.99. The third kappa shape index (κ3) is 4.41. The van der Waals surface area contributed by atoms with Crippen molar-refractivity contribution in [3.63, 3.8) is 0 Å². The van der Waals surface area contributed by atoms with E-state index in [0.717, 1.165) is 13.0 Å². The van der Waals surface area contributed by atoms with Crippen LogP contribution in [0.25, 0.3) is 0 Å². The van der Waals surface area contributed by atoms with Crippen LogP contribution in [-0.2, 0) is 4.74 Å². The van der Waals surface area contributed by atoms with Gasteiger partial charge in [0.1, 0.15) is 6.07 Å². The molecule has 0 amide bonds. The molecule has 50 valence electrons. The van der Waals surface area contributed by atoms with Gasteiger partial charge in [-0.25, -0.2) is 0 Å². The van der Waals surface area contributed by atoms with E-state index in [9.17, 15) is 0 Å². The Morgan fingerprint density at radius 2 is 2.25 bits per heavy atom. The van der Waals surface area contributed by atoms with Crippen molar-refractivity contribution in [3.05, 3.63) is 0 Å². The molecule has 0 radical (unpaired) electrons. The normalized spacial score (nSPS) is 13.9. The van der Waals surface area contributed by atoms with Crippen molar-refractivity contribution < 1.29 is 4.74 Å². The van der Waals surface area contributed by atoms with Crippen LogP contribution in [0.5, 0.6) is 0 Å². The summed E-state index contributed by atoms with van der Waals surface area (Å²) in [6, 6.07) is 0.324. The molecular formula is C6H13ClO. The number of hydrogen-bond acceptors (Lipinski definition) is 1. The van der Waals surface area contributed by atoms with E-state index in [-0.39, 0.29) is 0 Å². The highest BCUT2D eigenvalue weighted by Crippen LogP contribution is 2.00. The molecule has 0 heterocycles. The Hall–Kier alpha value is 0.250. The van der Waals surface area contributed by atoms with Crippen molar-refractivity contribution in [2.75, 3.05) is 12.7 Å². The van der Waals surface area contributed by atoms with E-state index in [1.165, 1.54) is 0 Å². The molecule has 0 saturated heterocycles. The molecule has 0 N–H and O–H groups in total. The molecule has 0 aliphatic heterocycles. The predicted octanol–water partition coefficient (Wildman–Crippen LogP) is 2.25.